The number of aromatic nitrogens is 2. The van der Waals surface area contributed by atoms with Crippen molar-refractivity contribution in [2.75, 3.05) is 4.90 Å². The first-order chi connectivity index (χ1) is 18.9. The average Bonchev–Trinajstić information content (AvgIpc) is 2.93. The number of para-hydroxylation sites is 2. The Kier molecular flexibility index (Phi) is 7.68. The van der Waals surface area contributed by atoms with Gasteiger partial charge in [0.25, 0.3) is 0 Å². The molecule has 3 heterocycles. The fourth-order valence-electron chi connectivity index (χ4n) is 5.34. The zero-order chi connectivity index (χ0) is 27.6. The van der Waals surface area contributed by atoms with Gasteiger partial charge in [0, 0.05) is 23.5 Å². The van der Waals surface area contributed by atoms with Crippen LogP contribution in [-0.2, 0) is 23.0 Å². The molecule has 0 amide bonds. The highest BCUT2D eigenvalue weighted by atomic mass is 32.2. The summed E-state index contributed by atoms with van der Waals surface area (Å²) >= 11 is 0. The van der Waals surface area contributed by atoms with Crippen molar-refractivity contribution in [1.82, 2.24) is 9.97 Å². The molecule has 0 N–H and O–H groups in total. The highest BCUT2D eigenvalue weighted by Gasteiger charge is 2.35. The third-order valence-corrected chi connectivity index (χ3v) is 8.20. The van der Waals surface area contributed by atoms with Crippen LogP contribution >= 0.6 is 0 Å². The molecule has 0 saturated heterocycles. The maximum atomic E-state index is 12.6. The van der Waals surface area contributed by atoms with Crippen LogP contribution < -0.4 is 9.64 Å². The standard InChI is InChI=1S/C31H33N3O4S/c1-4-11-21-13-9-17-32-29(21)23-19-24(30-22(12-5-2)14-10-18-33-30)31-26(20-23)34(28(6-3)39(35,36)37)25-15-7-8-16-27(25)38-31/h7-10,13-20,28H,4-6,11-12H2,1-3H3,(H,35,36,37)/p-1. The van der Waals surface area contributed by atoms with E-state index in [1.807, 2.05) is 36.4 Å². The number of hydrogen-bond acceptors (Lipinski definition) is 7. The van der Waals surface area contributed by atoms with Crippen LogP contribution in [-0.4, -0.2) is 28.3 Å². The minimum absolute atomic E-state index is 0.106. The van der Waals surface area contributed by atoms with Crippen molar-refractivity contribution in [3.63, 3.8) is 0 Å². The smallest absolute Gasteiger partial charge is 0.160 e. The second-order valence-electron chi connectivity index (χ2n) is 9.69. The molecule has 1 aliphatic heterocycles. The predicted octanol–water partition coefficient (Wildman–Crippen LogP) is 7.24. The van der Waals surface area contributed by atoms with E-state index >= 15 is 0 Å². The van der Waals surface area contributed by atoms with Gasteiger partial charge in [-0.15, -0.1) is 0 Å². The molecule has 202 valence electrons. The van der Waals surface area contributed by atoms with Crippen LogP contribution in [0.15, 0.2) is 73.1 Å². The molecule has 7 nitrogen and oxygen atoms in total. The highest BCUT2D eigenvalue weighted by molar-refractivity contribution is 7.86. The first-order valence-electron chi connectivity index (χ1n) is 13.4. The van der Waals surface area contributed by atoms with Gasteiger partial charge in [-0.05, 0) is 66.8 Å². The summed E-state index contributed by atoms with van der Waals surface area (Å²) in [7, 11) is -4.70. The second kappa shape index (κ2) is 11.2. The summed E-state index contributed by atoms with van der Waals surface area (Å²) in [6.45, 7) is 5.95. The number of pyridine rings is 2. The van der Waals surface area contributed by atoms with E-state index in [0.29, 0.717) is 22.9 Å². The molecule has 0 spiro atoms. The molecule has 5 rings (SSSR count). The quantitative estimate of drug-likeness (QED) is 0.206. The SMILES string of the molecule is CCCc1cccnc1-c1cc(-c2ncccc2CCC)c2c(c1)N(C(CC)S(=O)(=O)[O-])c1ccccc1O2. The summed E-state index contributed by atoms with van der Waals surface area (Å²) in [5.74, 6) is 0.960. The topological polar surface area (TPSA) is 95.5 Å². The second-order valence-corrected chi connectivity index (χ2v) is 11.2. The first kappa shape index (κ1) is 26.8. The van der Waals surface area contributed by atoms with Crippen LogP contribution in [0.1, 0.15) is 51.2 Å². The Morgan fingerprint density at radius 3 is 2.13 bits per heavy atom. The molecule has 0 aliphatic carbocycles. The van der Waals surface area contributed by atoms with Gasteiger partial charge in [0.05, 0.1) is 22.8 Å². The lowest BCUT2D eigenvalue weighted by molar-refractivity contribution is 0.439. The van der Waals surface area contributed by atoms with E-state index < -0.39 is 15.5 Å². The number of rotatable bonds is 9. The van der Waals surface area contributed by atoms with Gasteiger partial charge in [0.2, 0.25) is 0 Å². The molecule has 1 unspecified atom stereocenters. The molecular formula is C31H32N3O4S-. The summed E-state index contributed by atoms with van der Waals surface area (Å²) < 4.78 is 44.3. The molecule has 1 atom stereocenters. The molecule has 0 saturated carbocycles. The monoisotopic (exact) mass is 542 g/mol. The van der Waals surface area contributed by atoms with Crippen molar-refractivity contribution in [3.05, 3.63) is 84.2 Å². The van der Waals surface area contributed by atoms with Crippen LogP contribution in [0, 0.1) is 0 Å². The van der Waals surface area contributed by atoms with Crippen LogP contribution in [0.4, 0.5) is 11.4 Å². The Balaban J connectivity index is 1.87. The van der Waals surface area contributed by atoms with Gasteiger partial charge in [-0.25, -0.2) is 8.42 Å². The van der Waals surface area contributed by atoms with Crippen LogP contribution in [0.2, 0.25) is 0 Å². The molecule has 2 aromatic carbocycles. The molecule has 1 aliphatic rings. The van der Waals surface area contributed by atoms with E-state index in [1.165, 1.54) is 0 Å². The fourth-order valence-corrected chi connectivity index (χ4v) is 6.24. The number of benzene rings is 2. The normalized spacial score (nSPS) is 13.4. The lowest BCUT2D eigenvalue weighted by Gasteiger charge is -2.40. The molecule has 2 aromatic heterocycles. The Morgan fingerprint density at radius 2 is 1.49 bits per heavy atom. The van der Waals surface area contributed by atoms with Crippen LogP contribution in [0.5, 0.6) is 11.5 Å². The molecule has 8 heteroatoms. The largest absolute Gasteiger partial charge is 0.746 e. The van der Waals surface area contributed by atoms with Gasteiger partial charge in [-0.2, -0.15) is 0 Å². The van der Waals surface area contributed by atoms with Gasteiger partial charge >= 0.3 is 0 Å². The van der Waals surface area contributed by atoms with Gasteiger partial charge < -0.3 is 14.2 Å². The van der Waals surface area contributed by atoms with Crippen molar-refractivity contribution < 1.29 is 17.7 Å². The number of fused-ring (bicyclic) bond motifs is 2. The third kappa shape index (κ3) is 5.14. The lowest BCUT2D eigenvalue weighted by Crippen LogP contribution is -2.39. The van der Waals surface area contributed by atoms with E-state index in [0.717, 1.165) is 59.3 Å². The minimum atomic E-state index is -4.70. The molecule has 39 heavy (non-hydrogen) atoms. The molecule has 4 aromatic rings. The van der Waals surface area contributed by atoms with Gasteiger partial charge in [0.15, 0.2) is 11.5 Å². The summed E-state index contributed by atoms with van der Waals surface area (Å²) in [6, 6.07) is 19.1. The highest BCUT2D eigenvalue weighted by Crippen LogP contribution is 2.53. The summed E-state index contributed by atoms with van der Waals surface area (Å²) in [4.78, 5) is 11.1. The van der Waals surface area contributed by atoms with Crippen molar-refractivity contribution in [2.45, 2.75) is 58.2 Å². The van der Waals surface area contributed by atoms with Crippen LogP contribution in [0.25, 0.3) is 22.5 Å². The molecule has 0 bridgehead atoms. The number of ether oxygens (including phenoxy) is 1. The predicted molar refractivity (Wildman–Crippen MR) is 153 cm³/mol. The Hall–Kier alpha value is -3.75. The number of aryl methyl sites for hydroxylation is 2. The lowest BCUT2D eigenvalue weighted by atomic mass is 9.94. The van der Waals surface area contributed by atoms with E-state index in [2.05, 4.69) is 26.0 Å². The summed E-state index contributed by atoms with van der Waals surface area (Å²) in [5, 5.41) is -1.32. The summed E-state index contributed by atoms with van der Waals surface area (Å²) in [6.07, 6.45) is 7.17. The number of anilines is 2. The zero-order valence-electron chi connectivity index (χ0n) is 22.4. The first-order valence-corrected chi connectivity index (χ1v) is 14.9. The molecule has 0 fully saturated rings. The number of hydrogen-bond donors (Lipinski definition) is 0. The zero-order valence-corrected chi connectivity index (χ0v) is 23.2. The van der Waals surface area contributed by atoms with E-state index in [1.54, 1.807) is 36.4 Å². The maximum absolute atomic E-state index is 12.6. The Bertz CT molecular complexity index is 1600. The molecule has 0 radical (unpaired) electrons. The van der Waals surface area contributed by atoms with Crippen molar-refractivity contribution in [3.8, 4) is 34.0 Å². The number of nitrogens with zero attached hydrogens (tertiary/aromatic N) is 3. The van der Waals surface area contributed by atoms with E-state index in [4.69, 9.17) is 14.7 Å². The van der Waals surface area contributed by atoms with Crippen LogP contribution in [0.3, 0.4) is 0 Å². The van der Waals surface area contributed by atoms with Crippen molar-refractivity contribution >= 4 is 21.5 Å². The maximum Gasteiger partial charge on any atom is 0.160 e. The molecular weight excluding hydrogens is 510 g/mol. The van der Waals surface area contributed by atoms with Gasteiger partial charge in [-0.1, -0.05) is 57.9 Å². The average molecular weight is 543 g/mol. The van der Waals surface area contributed by atoms with E-state index in [-0.39, 0.29) is 6.42 Å². The summed E-state index contributed by atoms with van der Waals surface area (Å²) in [5.41, 5.74) is 6.32. The minimum Gasteiger partial charge on any atom is -0.746 e. The van der Waals surface area contributed by atoms with Gasteiger partial charge in [0.1, 0.15) is 15.5 Å². The van der Waals surface area contributed by atoms with Gasteiger partial charge in [-0.3, -0.25) is 9.97 Å². The van der Waals surface area contributed by atoms with E-state index in [9.17, 15) is 13.0 Å². The fraction of sp³-hybridized carbons (Fsp3) is 0.290. The van der Waals surface area contributed by atoms with Crippen molar-refractivity contribution in [2.24, 2.45) is 0 Å². The van der Waals surface area contributed by atoms with Crippen molar-refractivity contribution in [1.29, 1.82) is 0 Å². The Morgan fingerprint density at radius 1 is 0.846 bits per heavy atom. The third-order valence-electron chi connectivity index (χ3n) is 6.99. The Labute approximate surface area is 230 Å².